The number of hydrogen-bond donors (Lipinski definition) is 0. The Hall–Kier alpha value is -5.96. The van der Waals surface area contributed by atoms with Gasteiger partial charge in [0.05, 0.1) is 18.2 Å². The minimum atomic E-state index is 0.639. The molecule has 0 aliphatic rings. The Morgan fingerprint density at radius 1 is 0.429 bits per heavy atom. The second-order valence-electron chi connectivity index (χ2n) is 10.4. The van der Waals surface area contributed by atoms with E-state index in [0.29, 0.717) is 11.3 Å². The molecule has 0 aromatic heterocycles. The summed E-state index contributed by atoms with van der Waals surface area (Å²) in [6.45, 7) is 7.33. The van der Waals surface area contributed by atoms with Gasteiger partial charge in [-0.25, -0.2) is 4.85 Å². The molecule has 0 atom stereocenters. The molecule has 7 rings (SSSR count). The summed E-state index contributed by atoms with van der Waals surface area (Å²) in [7, 11) is 0. The van der Waals surface area contributed by atoms with Crippen molar-refractivity contribution in [1.29, 1.82) is 5.26 Å². The highest BCUT2D eigenvalue weighted by Gasteiger charge is 2.18. The Morgan fingerprint density at radius 3 is 1.29 bits per heavy atom. The van der Waals surface area contributed by atoms with Crippen LogP contribution in [0.15, 0.2) is 146 Å². The molecule has 0 saturated heterocycles. The van der Waals surface area contributed by atoms with Crippen LogP contribution in [-0.2, 0) is 0 Å². The first-order chi connectivity index (χ1) is 20.7. The minimum Gasteiger partial charge on any atom is -0.238 e. The lowest BCUT2D eigenvalue weighted by atomic mass is 9.84. The molecule has 2 heteroatoms. The van der Waals surface area contributed by atoms with Crippen molar-refractivity contribution in [2.45, 2.75) is 0 Å². The van der Waals surface area contributed by atoms with E-state index in [4.69, 9.17) is 6.57 Å². The predicted molar refractivity (Wildman–Crippen MR) is 174 cm³/mol. The fourth-order valence-corrected chi connectivity index (χ4v) is 5.88. The maximum atomic E-state index is 9.30. The van der Waals surface area contributed by atoms with Crippen molar-refractivity contribution < 1.29 is 0 Å². The smallest absolute Gasteiger partial charge is 0.187 e. The number of nitrogens with zero attached hydrogens (tertiary/aromatic N) is 2. The Bertz CT molecular complexity index is 2000. The van der Waals surface area contributed by atoms with Crippen molar-refractivity contribution in [3.05, 3.63) is 163 Å². The Kier molecular flexibility index (Phi) is 6.29. The van der Waals surface area contributed by atoms with Crippen LogP contribution in [0, 0.1) is 17.9 Å². The van der Waals surface area contributed by atoms with Crippen molar-refractivity contribution in [2.24, 2.45) is 0 Å². The minimum absolute atomic E-state index is 0.639. The van der Waals surface area contributed by atoms with Crippen molar-refractivity contribution in [3.63, 3.8) is 0 Å². The van der Waals surface area contributed by atoms with E-state index in [0.717, 1.165) is 22.3 Å². The van der Waals surface area contributed by atoms with Crippen LogP contribution in [0.4, 0.5) is 5.69 Å². The van der Waals surface area contributed by atoms with E-state index in [2.05, 4.69) is 108 Å². The number of fused-ring (bicyclic) bond motifs is 2. The highest BCUT2D eigenvalue weighted by Crippen LogP contribution is 2.45. The summed E-state index contributed by atoms with van der Waals surface area (Å²) < 4.78 is 0. The van der Waals surface area contributed by atoms with Gasteiger partial charge >= 0.3 is 0 Å². The number of hydrogen-bond acceptors (Lipinski definition) is 1. The predicted octanol–water partition coefficient (Wildman–Crippen LogP) is 11.1. The number of benzene rings is 7. The molecule has 0 amide bonds. The van der Waals surface area contributed by atoms with Crippen LogP contribution in [0.3, 0.4) is 0 Å². The van der Waals surface area contributed by atoms with Gasteiger partial charge in [-0.3, -0.25) is 0 Å². The highest BCUT2D eigenvalue weighted by molar-refractivity contribution is 6.22. The molecule has 7 aromatic rings. The molecule has 2 nitrogen and oxygen atoms in total. The summed E-state index contributed by atoms with van der Waals surface area (Å²) in [6, 6.07) is 52.5. The maximum absolute atomic E-state index is 9.30. The van der Waals surface area contributed by atoms with E-state index in [1.165, 1.54) is 43.8 Å². The summed E-state index contributed by atoms with van der Waals surface area (Å²) in [4.78, 5) is 3.56. The van der Waals surface area contributed by atoms with Crippen molar-refractivity contribution in [1.82, 2.24) is 0 Å². The molecule has 0 unspecified atom stereocenters. The van der Waals surface area contributed by atoms with Gasteiger partial charge in [-0.15, -0.1) is 0 Å². The van der Waals surface area contributed by atoms with E-state index >= 15 is 0 Å². The van der Waals surface area contributed by atoms with Crippen LogP contribution in [0.5, 0.6) is 0 Å². The van der Waals surface area contributed by atoms with Gasteiger partial charge in [0.15, 0.2) is 5.69 Å². The average Bonchev–Trinajstić information content (AvgIpc) is 3.07. The van der Waals surface area contributed by atoms with Gasteiger partial charge in [0.1, 0.15) is 0 Å². The van der Waals surface area contributed by atoms with Gasteiger partial charge in [0, 0.05) is 0 Å². The molecule has 0 spiro atoms. The van der Waals surface area contributed by atoms with Crippen LogP contribution in [0.25, 0.3) is 70.9 Å². The average molecular weight is 533 g/mol. The van der Waals surface area contributed by atoms with Gasteiger partial charge in [0.2, 0.25) is 0 Å². The molecular weight excluding hydrogens is 508 g/mol. The third-order valence-corrected chi connectivity index (χ3v) is 7.92. The standard InChI is InChI=1S/C40H24N2/c1-42-34-20-16-29(17-21-34)33-19-23-36-38(25-33)40(31-10-6-3-7-11-31)35-22-18-32(28-14-12-27(26-41)13-15-28)24-37(35)39(36)30-8-4-2-5-9-30/h2-25H. The van der Waals surface area contributed by atoms with E-state index < -0.39 is 0 Å². The SMILES string of the molecule is [C-]#[N+]c1ccc(-c2ccc3c(-c4ccccc4)c4cc(-c5ccc(C#N)cc5)ccc4c(-c4ccccc4)c3c2)cc1. The van der Waals surface area contributed by atoms with Crippen LogP contribution in [0.1, 0.15) is 5.56 Å². The highest BCUT2D eigenvalue weighted by atomic mass is 14.6. The molecule has 0 N–H and O–H groups in total. The summed E-state index contributed by atoms with van der Waals surface area (Å²) in [6.07, 6.45) is 0. The van der Waals surface area contributed by atoms with Crippen LogP contribution in [0.2, 0.25) is 0 Å². The van der Waals surface area contributed by atoms with Gasteiger partial charge in [0.25, 0.3) is 0 Å². The number of rotatable bonds is 4. The lowest BCUT2D eigenvalue weighted by molar-refractivity contribution is 1.48. The molecule has 0 heterocycles. The van der Waals surface area contributed by atoms with Crippen molar-refractivity contribution >= 4 is 27.2 Å². The van der Waals surface area contributed by atoms with E-state index in [-0.39, 0.29) is 0 Å². The molecule has 0 aliphatic heterocycles. The monoisotopic (exact) mass is 532 g/mol. The van der Waals surface area contributed by atoms with E-state index in [1.54, 1.807) is 0 Å². The van der Waals surface area contributed by atoms with Crippen molar-refractivity contribution in [2.75, 3.05) is 0 Å². The first-order valence-electron chi connectivity index (χ1n) is 13.9. The third-order valence-electron chi connectivity index (χ3n) is 7.92. The maximum Gasteiger partial charge on any atom is 0.187 e. The second kappa shape index (κ2) is 10.5. The molecule has 7 aromatic carbocycles. The fourth-order valence-electron chi connectivity index (χ4n) is 5.88. The Morgan fingerprint density at radius 2 is 0.857 bits per heavy atom. The summed E-state index contributed by atoms with van der Waals surface area (Å²) in [5.41, 5.74) is 10.4. The first-order valence-corrected chi connectivity index (χ1v) is 13.9. The normalized spacial score (nSPS) is 10.8. The van der Waals surface area contributed by atoms with Gasteiger partial charge in [-0.2, -0.15) is 5.26 Å². The zero-order valence-corrected chi connectivity index (χ0v) is 22.8. The molecule has 0 radical (unpaired) electrons. The lowest BCUT2D eigenvalue weighted by Crippen LogP contribution is -1.92. The second-order valence-corrected chi connectivity index (χ2v) is 10.4. The summed E-state index contributed by atoms with van der Waals surface area (Å²) >= 11 is 0. The topological polar surface area (TPSA) is 28.1 Å². The zero-order chi connectivity index (χ0) is 28.5. The molecule has 0 saturated carbocycles. The Balaban J connectivity index is 1.58. The first kappa shape index (κ1) is 25.0. The largest absolute Gasteiger partial charge is 0.238 e. The van der Waals surface area contributed by atoms with E-state index in [1.807, 2.05) is 48.5 Å². The fraction of sp³-hybridized carbons (Fsp3) is 0. The van der Waals surface area contributed by atoms with Crippen LogP contribution >= 0.6 is 0 Å². The van der Waals surface area contributed by atoms with Crippen LogP contribution < -0.4 is 0 Å². The van der Waals surface area contributed by atoms with Gasteiger partial charge in [-0.05, 0) is 90.3 Å². The zero-order valence-electron chi connectivity index (χ0n) is 22.8. The van der Waals surface area contributed by atoms with Crippen molar-refractivity contribution in [3.8, 4) is 50.6 Å². The number of nitriles is 1. The molecule has 42 heavy (non-hydrogen) atoms. The van der Waals surface area contributed by atoms with Gasteiger partial charge < -0.3 is 0 Å². The quantitative estimate of drug-likeness (QED) is 0.164. The third kappa shape index (κ3) is 4.39. The summed E-state index contributed by atoms with van der Waals surface area (Å²) in [5.74, 6) is 0. The molecule has 0 fully saturated rings. The molecular formula is C40H24N2. The van der Waals surface area contributed by atoms with Gasteiger partial charge in [-0.1, -0.05) is 121 Å². The molecule has 194 valence electrons. The molecule has 0 bridgehead atoms. The van der Waals surface area contributed by atoms with Crippen LogP contribution in [-0.4, -0.2) is 0 Å². The van der Waals surface area contributed by atoms with E-state index in [9.17, 15) is 5.26 Å². The Labute approximate surface area is 245 Å². The lowest BCUT2D eigenvalue weighted by Gasteiger charge is -2.19. The molecule has 0 aliphatic carbocycles. The summed E-state index contributed by atoms with van der Waals surface area (Å²) in [5, 5.41) is 14.0.